The van der Waals surface area contributed by atoms with Crippen molar-refractivity contribution in [3.8, 4) is 0 Å². The Morgan fingerprint density at radius 3 is 3.06 bits per heavy atom. The third kappa shape index (κ3) is 3.08. The van der Waals surface area contributed by atoms with E-state index >= 15 is 0 Å². The predicted molar refractivity (Wildman–Crippen MR) is 71.6 cm³/mol. The summed E-state index contributed by atoms with van der Waals surface area (Å²) in [4.78, 5) is 16.1. The highest BCUT2D eigenvalue weighted by atomic mass is 35.5. The first kappa shape index (κ1) is 11.2. The number of hydrogen-bond donors (Lipinski definition) is 1. The van der Waals surface area contributed by atoms with Crippen LogP contribution in [0, 0.1) is 6.92 Å². The minimum absolute atomic E-state index is 0.197. The number of carbonyl (C=O) groups is 1. The van der Waals surface area contributed by atoms with Crippen molar-refractivity contribution in [1.82, 2.24) is 10.3 Å². The normalized spacial score (nSPS) is 10.9. The molecule has 0 aliphatic heterocycles. The molecule has 2 aromatic rings. The average Bonchev–Trinajstić information content (AvgIpc) is 2.38. The van der Waals surface area contributed by atoms with Crippen molar-refractivity contribution in [3.05, 3.63) is 64.4 Å². The fourth-order valence-electron chi connectivity index (χ4n) is 1.49. The zero-order chi connectivity index (χ0) is 13.8. The maximum absolute atomic E-state index is 11.9. The zero-order valence-electron chi connectivity index (χ0n) is 10.9. The highest BCUT2D eigenvalue weighted by Gasteiger charge is 2.06. The number of pyridine rings is 1. The molecule has 0 aliphatic rings. The Balaban J connectivity index is 2.07. The smallest absolute Gasteiger partial charge is 0.251 e. The number of hydrogen-bond acceptors (Lipinski definition) is 2. The fraction of sp³-hybridized carbons (Fsp3) is 0.143. The quantitative estimate of drug-likeness (QED) is 0.924. The first-order valence-electron chi connectivity index (χ1n) is 6.03. The Hall–Kier alpha value is -1.87. The predicted octanol–water partition coefficient (Wildman–Crippen LogP) is 2.97. The van der Waals surface area contributed by atoms with E-state index in [2.05, 4.69) is 10.3 Å². The van der Waals surface area contributed by atoms with E-state index in [1.807, 2.05) is 6.92 Å². The topological polar surface area (TPSA) is 42.0 Å². The Morgan fingerprint density at radius 2 is 2.33 bits per heavy atom. The molecule has 0 bridgehead atoms. The van der Waals surface area contributed by atoms with Gasteiger partial charge in [-0.2, -0.15) is 0 Å². The summed E-state index contributed by atoms with van der Waals surface area (Å²) < 4.78 is 7.65. The third-order valence-corrected chi connectivity index (χ3v) is 2.75. The Labute approximate surface area is 112 Å². The number of halogens is 1. The Bertz CT molecular complexity index is 616. The molecular formula is C14H13ClN2O. The van der Waals surface area contributed by atoms with Gasteiger partial charge in [-0.3, -0.25) is 9.78 Å². The van der Waals surface area contributed by atoms with Gasteiger partial charge in [-0.1, -0.05) is 29.8 Å². The highest BCUT2D eigenvalue weighted by molar-refractivity contribution is 6.31. The molecule has 1 aromatic carbocycles. The van der Waals surface area contributed by atoms with Gasteiger partial charge in [0, 0.05) is 11.8 Å². The number of benzene rings is 1. The molecule has 2 rings (SSSR count). The summed E-state index contributed by atoms with van der Waals surface area (Å²) in [5, 5.41) is 3.24. The lowest BCUT2D eigenvalue weighted by atomic mass is 10.2. The van der Waals surface area contributed by atoms with Crippen LogP contribution in [0.2, 0.25) is 5.02 Å². The molecule has 0 fully saturated rings. The summed E-state index contributed by atoms with van der Waals surface area (Å²) in [6.07, 6.45) is 1.70. The molecular weight excluding hydrogens is 248 g/mol. The van der Waals surface area contributed by atoms with E-state index in [9.17, 15) is 4.79 Å². The van der Waals surface area contributed by atoms with Crippen molar-refractivity contribution < 1.29 is 6.17 Å². The SMILES string of the molecule is [3H]c1ccccc1C(=O)NCc1ncc(C)cc1Cl. The number of nitrogens with one attached hydrogen (secondary N) is 1. The molecule has 1 aromatic heterocycles. The van der Waals surface area contributed by atoms with Crippen molar-refractivity contribution in [2.45, 2.75) is 13.5 Å². The summed E-state index contributed by atoms with van der Waals surface area (Å²) in [6, 6.07) is 8.63. The van der Waals surface area contributed by atoms with Gasteiger partial charge in [0.05, 0.1) is 18.6 Å². The molecule has 1 N–H and O–H groups in total. The van der Waals surface area contributed by atoms with Gasteiger partial charge in [0.25, 0.3) is 5.91 Å². The minimum Gasteiger partial charge on any atom is -0.346 e. The van der Waals surface area contributed by atoms with Crippen molar-refractivity contribution in [2.75, 3.05) is 0 Å². The highest BCUT2D eigenvalue weighted by Crippen LogP contribution is 2.14. The van der Waals surface area contributed by atoms with E-state index in [1.54, 1.807) is 36.5 Å². The van der Waals surface area contributed by atoms with Crippen molar-refractivity contribution in [2.24, 2.45) is 0 Å². The largest absolute Gasteiger partial charge is 0.346 e. The second-order valence-corrected chi connectivity index (χ2v) is 4.31. The van der Waals surface area contributed by atoms with Crippen molar-refractivity contribution >= 4 is 17.5 Å². The second kappa shape index (κ2) is 5.65. The molecule has 4 heteroatoms. The van der Waals surface area contributed by atoms with E-state index in [-0.39, 0.29) is 18.5 Å². The molecule has 0 saturated heterocycles. The van der Waals surface area contributed by atoms with Crippen LogP contribution in [0.3, 0.4) is 0 Å². The molecule has 0 saturated carbocycles. The fourth-order valence-corrected chi connectivity index (χ4v) is 1.77. The number of nitrogens with zero attached hydrogens (tertiary/aromatic N) is 1. The second-order valence-electron chi connectivity index (χ2n) is 3.90. The lowest BCUT2D eigenvalue weighted by molar-refractivity contribution is 0.0950. The molecule has 92 valence electrons. The summed E-state index contributed by atoms with van der Waals surface area (Å²) in [5.41, 5.74) is 1.92. The number of amides is 1. The Morgan fingerprint density at radius 1 is 1.50 bits per heavy atom. The van der Waals surface area contributed by atoms with Gasteiger partial charge in [-0.15, -0.1) is 0 Å². The van der Waals surface area contributed by atoms with Crippen LogP contribution in [0.1, 0.15) is 23.0 Å². The lowest BCUT2D eigenvalue weighted by Crippen LogP contribution is -2.23. The third-order valence-electron chi connectivity index (χ3n) is 2.42. The maximum atomic E-state index is 11.9. The number of carbonyl (C=O) groups excluding carboxylic acids is 1. The standard InChI is InChI=1S/C14H13ClN2O/c1-10-7-12(15)13(16-8-10)9-17-14(18)11-5-3-2-4-6-11/h2-8H,9H2,1H3,(H,17,18)/i5T. The van der Waals surface area contributed by atoms with E-state index in [4.69, 9.17) is 13.0 Å². The van der Waals surface area contributed by atoms with Crippen LogP contribution in [-0.4, -0.2) is 10.9 Å². The molecule has 0 spiro atoms. The van der Waals surface area contributed by atoms with Crippen molar-refractivity contribution in [1.29, 1.82) is 0 Å². The average molecular weight is 263 g/mol. The first-order chi connectivity index (χ1) is 9.08. The maximum Gasteiger partial charge on any atom is 0.251 e. The summed E-state index contributed by atoms with van der Waals surface area (Å²) >= 11 is 6.04. The summed E-state index contributed by atoms with van der Waals surface area (Å²) in [5.74, 6) is -0.302. The van der Waals surface area contributed by atoms with Crippen LogP contribution in [0.5, 0.6) is 0 Å². The van der Waals surface area contributed by atoms with Gasteiger partial charge in [0.15, 0.2) is 0 Å². The molecule has 0 unspecified atom stereocenters. The molecule has 1 amide bonds. The van der Waals surface area contributed by atoms with E-state index < -0.39 is 0 Å². The molecule has 3 nitrogen and oxygen atoms in total. The van der Waals surface area contributed by atoms with Crippen LogP contribution in [0.15, 0.2) is 42.6 Å². The van der Waals surface area contributed by atoms with Crippen LogP contribution >= 0.6 is 11.6 Å². The van der Waals surface area contributed by atoms with Gasteiger partial charge in [-0.25, -0.2) is 0 Å². The number of aryl methyl sites for hydroxylation is 1. The number of aromatic nitrogens is 1. The summed E-state index contributed by atoms with van der Waals surface area (Å²) in [6.45, 7) is 2.14. The Kier molecular flexibility index (Phi) is 3.52. The van der Waals surface area contributed by atoms with Crippen LogP contribution in [0.25, 0.3) is 0 Å². The van der Waals surface area contributed by atoms with Crippen molar-refractivity contribution in [3.63, 3.8) is 0 Å². The molecule has 1 heterocycles. The first-order valence-corrected chi connectivity index (χ1v) is 5.90. The van der Waals surface area contributed by atoms with Gasteiger partial charge >= 0.3 is 0 Å². The van der Waals surface area contributed by atoms with Crippen LogP contribution < -0.4 is 5.32 Å². The van der Waals surface area contributed by atoms with Crippen LogP contribution in [-0.2, 0) is 6.54 Å². The summed E-state index contributed by atoms with van der Waals surface area (Å²) in [7, 11) is 0. The monoisotopic (exact) mass is 262 g/mol. The number of rotatable bonds is 3. The van der Waals surface area contributed by atoms with Gasteiger partial charge < -0.3 is 5.32 Å². The van der Waals surface area contributed by atoms with Gasteiger partial charge in [-0.05, 0) is 30.7 Å². The van der Waals surface area contributed by atoms with Gasteiger partial charge in [0.2, 0.25) is 0 Å². The van der Waals surface area contributed by atoms with E-state index in [0.717, 1.165) is 5.56 Å². The van der Waals surface area contributed by atoms with E-state index in [0.29, 0.717) is 16.3 Å². The lowest BCUT2D eigenvalue weighted by Gasteiger charge is -2.06. The van der Waals surface area contributed by atoms with Gasteiger partial charge in [0.1, 0.15) is 0 Å². The molecule has 0 atom stereocenters. The zero-order valence-corrected chi connectivity index (χ0v) is 10.7. The van der Waals surface area contributed by atoms with Crippen LogP contribution in [0.4, 0.5) is 0 Å². The van der Waals surface area contributed by atoms with E-state index in [1.165, 1.54) is 0 Å². The molecule has 0 aliphatic carbocycles. The molecule has 0 radical (unpaired) electrons. The molecule has 18 heavy (non-hydrogen) atoms. The minimum atomic E-state index is -0.302.